The van der Waals surface area contributed by atoms with E-state index in [1.807, 2.05) is 33.0 Å². The van der Waals surface area contributed by atoms with Crippen molar-refractivity contribution in [1.82, 2.24) is 9.97 Å². The molecular weight excluding hydrogens is 244 g/mol. The van der Waals surface area contributed by atoms with Crippen LogP contribution in [-0.4, -0.2) is 17.0 Å². The molecule has 4 nitrogen and oxygen atoms in total. The lowest BCUT2D eigenvalue weighted by molar-refractivity contribution is 0.849. The van der Waals surface area contributed by atoms with Crippen molar-refractivity contribution < 1.29 is 0 Å². The van der Waals surface area contributed by atoms with Gasteiger partial charge in [0.25, 0.3) is 0 Å². The molecular formula is C13H18N4S. The molecule has 0 saturated heterocycles. The Morgan fingerprint density at radius 3 is 2.67 bits per heavy atom. The van der Waals surface area contributed by atoms with Gasteiger partial charge in [0.2, 0.25) is 0 Å². The van der Waals surface area contributed by atoms with Gasteiger partial charge in [0.1, 0.15) is 5.82 Å². The van der Waals surface area contributed by atoms with Gasteiger partial charge < -0.3 is 10.6 Å². The van der Waals surface area contributed by atoms with E-state index in [0.717, 1.165) is 34.3 Å². The average Bonchev–Trinajstić information content (AvgIpc) is 2.74. The Bertz CT molecular complexity index is 536. The molecule has 2 rings (SSSR count). The Kier molecular flexibility index (Phi) is 3.93. The van der Waals surface area contributed by atoms with Gasteiger partial charge in [-0.2, -0.15) is 0 Å². The molecule has 5 heteroatoms. The molecule has 0 fully saturated rings. The molecule has 0 aliphatic carbocycles. The number of aryl methyl sites for hydroxylation is 2. The van der Waals surface area contributed by atoms with Crippen molar-refractivity contribution in [2.24, 2.45) is 5.73 Å². The first-order valence-corrected chi connectivity index (χ1v) is 6.77. The Morgan fingerprint density at radius 1 is 1.28 bits per heavy atom. The van der Waals surface area contributed by atoms with Crippen LogP contribution in [0.15, 0.2) is 17.5 Å². The van der Waals surface area contributed by atoms with Crippen molar-refractivity contribution in [2.75, 3.05) is 11.9 Å². The summed E-state index contributed by atoms with van der Waals surface area (Å²) in [6.07, 6.45) is 0. The summed E-state index contributed by atoms with van der Waals surface area (Å²) in [5.41, 5.74) is 8.90. The van der Waals surface area contributed by atoms with Gasteiger partial charge in [-0.15, -0.1) is 11.3 Å². The highest BCUT2D eigenvalue weighted by molar-refractivity contribution is 7.09. The zero-order valence-electron chi connectivity index (χ0n) is 11.0. The van der Waals surface area contributed by atoms with Crippen LogP contribution >= 0.6 is 11.3 Å². The molecule has 0 aliphatic heterocycles. The molecule has 0 aromatic carbocycles. The second-order valence-electron chi connectivity index (χ2n) is 4.35. The highest BCUT2D eigenvalue weighted by atomic mass is 32.1. The summed E-state index contributed by atoms with van der Waals surface area (Å²) < 4.78 is 0. The van der Waals surface area contributed by atoms with Crippen LogP contribution in [0, 0.1) is 13.8 Å². The van der Waals surface area contributed by atoms with Gasteiger partial charge >= 0.3 is 0 Å². The van der Waals surface area contributed by atoms with Gasteiger partial charge in [-0.25, -0.2) is 9.97 Å². The van der Waals surface area contributed by atoms with Crippen LogP contribution in [0.3, 0.4) is 0 Å². The lowest BCUT2D eigenvalue weighted by atomic mass is 10.2. The van der Waals surface area contributed by atoms with E-state index in [4.69, 9.17) is 5.73 Å². The quantitative estimate of drug-likeness (QED) is 0.918. The van der Waals surface area contributed by atoms with Crippen LogP contribution in [0.25, 0.3) is 0 Å². The van der Waals surface area contributed by atoms with Gasteiger partial charge in [-0.05, 0) is 19.9 Å². The number of thiazole rings is 1. The summed E-state index contributed by atoms with van der Waals surface area (Å²) >= 11 is 1.67. The molecule has 0 amide bonds. The SMILES string of the molecule is Cc1ccc(CN)c(N(C)Cc2csc(C)n2)n1. The second kappa shape index (κ2) is 5.46. The van der Waals surface area contributed by atoms with Crippen molar-refractivity contribution in [1.29, 1.82) is 0 Å². The molecule has 18 heavy (non-hydrogen) atoms. The minimum absolute atomic E-state index is 0.503. The fourth-order valence-corrected chi connectivity index (χ4v) is 2.46. The third kappa shape index (κ3) is 2.86. The zero-order valence-corrected chi connectivity index (χ0v) is 11.8. The minimum Gasteiger partial charge on any atom is -0.353 e. The summed E-state index contributed by atoms with van der Waals surface area (Å²) in [7, 11) is 2.02. The molecule has 0 bridgehead atoms. The van der Waals surface area contributed by atoms with Crippen LogP contribution in [0.4, 0.5) is 5.82 Å². The summed E-state index contributed by atoms with van der Waals surface area (Å²) in [6.45, 7) is 5.27. The summed E-state index contributed by atoms with van der Waals surface area (Å²) in [5.74, 6) is 0.947. The zero-order chi connectivity index (χ0) is 13.1. The third-order valence-corrected chi connectivity index (χ3v) is 3.56. The van der Waals surface area contributed by atoms with E-state index in [2.05, 4.69) is 20.2 Å². The smallest absolute Gasteiger partial charge is 0.133 e. The van der Waals surface area contributed by atoms with Crippen molar-refractivity contribution in [3.05, 3.63) is 39.5 Å². The van der Waals surface area contributed by atoms with Crippen molar-refractivity contribution >= 4 is 17.2 Å². The average molecular weight is 262 g/mol. The van der Waals surface area contributed by atoms with Crippen molar-refractivity contribution in [2.45, 2.75) is 26.9 Å². The molecule has 2 N–H and O–H groups in total. The maximum absolute atomic E-state index is 5.76. The highest BCUT2D eigenvalue weighted by Crippen LogP contribution is 2.19. The normalized spacial score (nSPS) is 10.7. The number of hydrogen-bond acceptors (Lipinski definition) is 5. The predicted octanol–water partition coefficient (Wildman–Crippen LogP) is 2.25. The number of nitrogens with two attached hydrogens (primary N) is 1. The van der Waals surface area contributed by atoms with Crippen LogP contribution in [0.5, 0.6) is 0 Å². The van der Waals surface area contributed by atoms with Gasteiger partial charge in [0.15, 0.2) is 0 Å². The van der Waals surface area contributed by atoms with Gasteiger partial charge in [0, 0.05) is 30.2 Å². The number of anilines is 1. The minimum atomic E-state index is 0.503. The number of aromatic nitrogens is 2. The third-order valence-electron chi connectivity index (χ3n) is 2.74. The molecule has 0 radical (unpaired) electrons. The Hall–Kier alpha value is -1.46. The van der Waals surface area contributed by atoms with E-state index in [9.17, 15) is 0 Å². The maximum atomic E-state index is 5.76. The molecule has 0 saturated carbocycles. The number of nitrogens with zero attached hydrogens (tertiary/aromatic N) is 3. The summed E-state index contributed by atoms with van der Waals surface area (Å²) in [6, 6.07) is 4.03. The van der Waals surface area contributed by atoms with E-state index in [1.165, 1.54) is 0 Å². The standard InChI is InChI=1S/C13H18N4S/c1-9-4-5-11(6-14)13(15-9)17(3)7-12-8-18-10(2)16-12/h4-5,8H,6-7,14H2,1-3H3. The molecule has 96 valence electrons. The topological polar surface area (TPSA) is 55.0 Å². The second-order valence-corrected chi connectivity index (χ2v) is 5.42. The van der Waals surface area contributed by atoms with Crippen LogP contribution in [0.2, 0.25) is 0 Å². The van der Waals surface area contributed by atoms with Gasteiger partial charge in [-0.3, -0.25) is 0 Å². The van der Waals surface area contributed by atoms with Crippen LogP contribution < -0.4 is 10.6 Å². The molecule has 0 atom stereocenters. The van der Waals surface area contributed by atoms with E-state index in [-0.39, 0.29) is 0 Å². The molecule has 2 aromatic heterocycles. The lowest BCUT2D eigenvalue weighted by Crippen LogP contribution is -2.21. The van der Waals surface area contributed by atoms with E-state index in [1.54, 1.807) is 11.3 Å². The molecule has 0 unspecified atom stereocenters. The van der Waals surface area contributed by atoms with Gasteiger partial charge in [-0.1, -0.05) is 6.07 Å². The number of pyridine rings is 1. The largest absolute Gasteiger partial charge is 0.353 e. The van der Waals surface area contributed by atoms with Crippen molar-refractivity contribution in [3.63, 3.8) is 0 Å². The lowest BCUT2D eigenvalue weighted by Gasteiger charge is -2.20. The molecule has 0 spiro atoms. The fourth-order valence-electron chi connectivity index (χ4n) is 1.86. The van der Waals surface area contributed by atoms with E-state index >= 15 is 0 Å². The molecule has 2 aromatic rings. The van der Waals surface area contributed by atoms with Gasteiger partial charge in [0.05, 0.1) is 17.2 Å². The molecule has 2 heterocycles. The summed E-state index contributed by atoms with van der Waals surface area (Å²) in [5, 5.41) is 3.18. The Labute approximate surface area is 111 Å². The van der Waals surface area contributed by atoms with Crippen LogP contribution in [-0.2, 0) is 13.1 Å². The van der Waals surface area contributed by atoms with Crippen molar-refractivity contribution in [3.8, 4) is 0 Å². The highest BCUT2D eigenvalue weighted by Gasteiger charge is 2.10. The number of rotatable bonds is 4. The first-order chi connectivity index (χ1) is 8.60. The fraction of sp³-hybridized carbons (Fsp3) is 0.385. The first kappa shape index (κ1) is 13.0. The Balaban J connectivity index is 2.22. The van der Waals surface area contributed by atoms with E-state index < -0.39 is 0 Å². The van der Waals surface area contributed by atoms with Crippen LogP contribution in [0.1, 0.15) is 22.0 Å². The predicted molar refractivity (Wildman–Crippen MR) is 75.8 cm³/mol. The monoisotopic (exact) mass is 262 g/mol. The summed E-state index contributed by atoms with van der Waals surface area (Å²) in [4.78, 5) is 11.1. The van der Waals surface area contributed by atoms with E-state index in [0.29, 0.717) is 6.54 Å². The molecule has 0 aliphatic rings. The first-order valence-electron chi connectivity index (χ1n) is 5.89. The maximum Gasteiger partial charge on any atom is 0.133 e. The Morgan fingerprint density at radius 2 is 2.06 bits per heavy atom. The number of hydrogen-bond donors (Lipinski definition) is 1.